The van der Waals surface area contributed by atoms with Crippen molar-refractivity contribution in [2.75, 3.05) is 25.0 Å². The molecule has 0 saturated carbocycles. The van der Waals surface area contributed by atoms with Crippen LogP contribution in [-0.4, -0.2) is 52.5 Å². The third-order valence-corrected chi connectivity index (χ3v) is 6.72. The molecule has 162 valence electrons. The maximum absolute atomic E-state index is 13.8. The summed E-state index contributed by atoms with van der Waals surface area (Å²) in [5, 5.41) is 4.03. The lowest BCUT2D eigenvalue weighted by molar-refractivity contribution is -0.124. The van der Waals surface area contributed by atoms with Crippen LogP contribution in [0.4, 0.5) is 10.5 Å². The summed E-state index contributed by atoms with van der Waals surface area (Å²) in [4.78, 5) is 37.8. The van der Waals surface area contributed by atoms with E-state index in [4.69, 9.17) is 23.2 Å². The number of anilines is 1. The molecule has 5 rings (SSSR count). The zero-order chi connectivity index (χ0) is 22.5. The van der Waals surface area contributed by atoms with Crippen LogP contribution < -0.4 is 10.2 Å². The average Bonchev–Trinajstić information content (AvgIpc) is 3.31. The Hall–Kier alpha value is -3.00. The molecule has 0 bridgehead atoms. The van der Waals surface area contributed by atoms with Gasteiger partial charge in [0.1, 0.15) is 11.9 Å². The zero-order valence-corrected chi connectivity index (χ0v) is 18.6. The van der Waals surface area contributed by atoms with E-state index < -0.39 is 11.6 Å². The molecule has 9 heteroatoms. The van der Waals surface area contributed by atoms with Crippen LogP contribution in [0.25, 0.3) is 11.1 Å². The Morgan fingerprint density at radius 3 is 2.31 bits per heavy atom. The molecule has 0 aliphatic carbocycles. The number of likely N-dealkylation sites (N-methyl/N-ethyl adjacent to an activating group) is 1. The van der Waals surface area contributed by atoms with E-state index in [0.717, 1.165) is 16.7 Å². The molecule has 1 spiro atoms. The molecule has 1 unspecified atom stereocenters. The van der Waals surface area contributed by atoms with Crippen LogP contribution in [0.3, 0.4) is 0 Å². The predicted octanol–water partition coefficient (Wildman–Crippen LogP) is 3.97. The summed E-state index contributed by atoms with van der Waals surface area (Å²) in [5.74, 6) is -0.511. The van der Waals surface area contributed by atoms with Gasteiger partial charge in [0.05, 0.1) is 5.69 Å². The minimum absolute atomic E-state index is 0.218. The second-order valence-corrected chi connectivity index (χ2v) is 8.84. The van der Waals surface area contributed by atoms with Crippen molar-refractivity contribution in [3.63, 3.8) is 0 Å². The number of amides is 3. The lowest BCUT2D eigenvalue weighted by atomic mass is 9.80. The van der Waals surface area contributed by atoms with Crippen LogP contribution in [-0.2, 0) is 4.79 Å². The van der Waals surface area contributed by atoms with E-state index in [1.54, 1.807) is 37.6 Å². The first-order valence-electron chi connectivity index (χ1n) is 10.1. The molecule has 32 heavy (non-hydrogen) atoms. The standard InChI is InChI=1S/C23H19Cl2N5O2/c1-29-22(32)30(19-7-17(24)6-18(25)8-19)21(31)23(29)12-26-11-20(23)15-4-2-14(3-5-15)16-9-27-13-28-10-16/h2-10,13,20,26H,11-12H2,1H3/t20-,23?/m0/s1. The van der Waals surface area contributed by atoms with Crippen LogP contribution >= 0.6 is 23.2 Å². The fraction of sp³-hybridized carbons (Fsp3) is 0.217. The molecular weight excluding hydrogens is 449 g/mol. The van der Waals surface area contributed by atoms with Crippen molar-refractivity contribution in [3.05, 3.63) is 76.8 Å². The van der Waals surface area contributed by atoms with Crippen molar-refractivity contribution in [3.8, 4) is 11.1 Å². The van der Waals surface area contributed by atoms with E-state index >= 15 is 0 Å². The van der Waals surface area contributed by atoms with E-state index in [1.807, 2.05) is 24.3 Å². The van der Waals surface area contributed by atoms with Crippen LogP contribution in [0.1, 0.15) is 11.5 Å². The summed E-state index contributed by atoms with van der Waals surface area (Å²) < 4.78 is 0. The molecule has 2 aromatic carbocycles. The molecule has 1 aromatic heterocycles. The summed E-state index contributed by atoms with van der Waals surface area (Å²) in [6, 6.07) is 12.3. The molecule has 2 fully saturated rings. The van der Waals surface area contributed by atoms with Gasteiger partial charge in [0, 0.05) is 54.1 Å². The van der Waals surface area contributed by atoms with Gasteiger partial charge in [-0.05, 0) is 29.3 Å². The Kier molecular flexibility index (Phi) is 5.12. The summed E-state index contributed by atoms with van der Waals surface area (Å²) in [5.41, 5.74) is 2.18. The van der Waals surface area contributed by atoms with E-state index in [9.17, 15) is 9.59 Å². The van der Waals surface area contributed by atoms with Crippen LogP contribution in [0.15, 0.2) is 61.2 Å². The minimum Gasteiger partial charge on any atom is -0.313 e. The van der Waals surface area contributed by atoms with Gasteiger partial charge in [-0.15, -0.1) is 0 Å². The number of urea groups is 1. The lowest BCUT2D eigenvalue weighted by Crippen LogP contribution is -2.53. The van der Waals surface area contributed by atoms with Gasteiger partial charge in [-0.2, -0.15) is 0 Å². The lowest BCUT2D eigenvalue weighted by Gasteiger charge is -2.33. The highest BCUT2D eigenvalue weighted by Crippen LogP contribution is 2.44. The fourth-order valence-electron chi connectivity index (χ4n) is 4.67. The molecule has 3 aromatic rings. The first-order chi connectivity index (χ1) is 15.4. The SMILES string of the molecule is CN1C(=O)N(c2cc(Cl)cc(Cl)c2)C(=O)C12CNC[C@H]2c1ccc(-c2cncnc2)cc1. The Morgan fingerprint density at radius 2 is 1.66 bits per heavy atom. The Bertz CT molecular complexity index is 1180. The predicted molar refractivity (Wildman–Crippen MR) is 123 cm³/mol. The Balaban J connectivity index is 1.52. The quantitative estimate of drug-likeness (QED) is 0.589. The molecule has 2 atom stereocenters. The smallest absolute Gasteiger partial charge is 0.313 e. The maximum Gasteiger partial charge on any atom is 0.332 e. The maximum atomic E-state index is 13.8. The Labute approximate surface area is 195 Å². The van der Waals surface area contributed by atoms with Gasteiger partial charge in [-0.1, -0.05) is 47.5 Å². The molecular formula is C23H19Cl2N5O2. The van der Waals surface area contributed by atoms with Gasteiger partial charge < -0.3 is 10.2 Å². The van der Waals surface area contributed by atoms with Gasteiger partial charge in [-0.3, -0.25) is 4.79 Å². The van der Waals surface area contributed by atoms with E-state index in [2.05, 4.69) is 15.3 Å². The number of rotatable bonds is 3. The summed E-state index contributed by atoms with van der Waals surface area (Å²) in [6.07, 6.45) is 4.99. The normalized spacial score (nSPS) is 22.9. The summed E-state index contributed by atoms with van der Waals surface area (Å²) in [6.45, 7) is 0.930. The topological polar surface area (TPSA) is 78.4 Å². The van der Waals surface area contributed by atoms with Gasteiger partial charge in [-0.25, -0.2) is 19.7 Å². The molecule has 2 aliphatic rings. The highest BCUT2D eigenvalue weighted by Gasteiger charge is 2.62. The van der Waals surface area contributed by atoms with Gasteiger partial charge in [0.25, 0.3) is 5.91 Å². The van der Waals surface area contributed by atoms with Crippen molar-refractivity contribution >= 4 is 40.8 Å². The molecule has 7 nitrogen and oxygen atoms in total. The largest absolute Gasteiger partial charge is 0.332 e. The van der Waals surface area contributed by atoms with Crippen LogP contribution in [0.2, 0.25) is 10.0 Å². The van der Waals surface area contributed by atoms with Gasteiger partial charge in [0.15, 0.2) is 0 Å². The van der Waals surface area contributed by atoms with Crippen molar-refractivity contribution in [2.24, 2.45) is 0 Å². The summed E-state index contributed by atoms with van der Waals surface area (Å²) in [7, 11) is 1.67. The van der Waals surface area contributed by atoms with E-state index in [0.29, 0.717) is 28.8 Å². The molecule has 0 radical (unpaired) electrons. The number of hydrogen-bond donors (Lipinski definition) is 1. The minimum atomic E-state index is -1.04. The number of carbonyl (C=O) groups is 2. The number of carbonyl (C=O) groups excluding carboxylic acids is 2. The number of nitrogens with zero attached hydrogens (tertiary/aromatic N) is 4. The summed E-state index contributed by atoms with van der Waals surface area (Å²) >= 11 is 12.3. The number of aromatic nitrogens is 2. The fourth-order valence-corrected chi connectivity index (χ4v) is 5.18. The molecule has 3 amide bonds. The first kappa shape index (κ1) is 20.9. The monoisotopic (exact) mass is 467 g/mol. The zero-order valence-electron chi connectivity index (χ0n) is 17.1. The van der Waals surface area contributed by atoms with E-state index in [-0.39, 0.29) is 11.8 Å². The van der Waals surface area contributed by atoms with Gasteiger partial charge in [0.2, 0.25) is 0 Å². The van der Waals surface area contributed by atoms with Crippen molar-refractivity contribution in [1.29, 1.82) is 0 Å². The van der Waals surface area contributed by atoms with Crippen molar-refractivity contribution in [2.45, 2.75) is 11.5 Å². The third kappa shape index (κ3) is 3.16. The van der Waals surface area contributed by atoms with Crippen LogP contribution in [0.5, 0.6) is 0 Å². The molecule has 2 saturated heterocycles. The van der Waals surface area contributed by atoms with Gasteiger partial charge >= 0.3 is 6.03 Å². The van der Waals surface area contributed by atoms with Crippen LogP contribution in [0, 0.1) is 0 Å². The first-order valence-corrected chi connectivity index (χ1v) is 10.8. The Morgan fingerprint density at radius 1 is 1.00 bits per heavy atom. The second kappa shape index (κ2) is 7.85. The van der Waals surface area contributed by atoms with Crippen molar-refractivity contribution in [1.82, 2.24) is 20.2 Å². The number of nitrogens with one attached hydrogen (secondary N) is 1. The third-order valence-electron chi connectivity index (χ3n) is 6.28. The highest BCUT2D eigenvalue weighted by molar-refractivity contribution is 6.35. The van der Waals surface area contributed by atoms with E-state index in [1.165, 1.54) is 16.1 Å². The average molecular weight is 468 g/mol. The number of halogens is 2. The molecule has 2 aliphatic heterocycles. The second-order valence-electron chi connectivity index (χ2n) is 7.97. The molecule has 1 N–H and O–H groups in total. The number of hydrogen-bond acceptors (Lipinski definition) is 5. The van der Waals surface area contributed by atoms with Crippen molar-refractivity contribution < 1.29 is 9.59 Å². The number of benzene rings is 2. The number of imide groups is 1. The highest BCUT2D eigenvalue weighted by atomic mass is 35.5. The molecule has 3 heterocycles.